The van der Waals surface area contributed by atoms with E-state index in [0.29, 0.717) is 19.4 Å². The van der Waals surface area contributed by atoms with Gasteiger partial charge in [0, 0.05) is 13.7 Å². The van der Waals surface area contributed by atoms with Crippen LogP contribution in [0.1, 0.15) is 39.5 Å². The van der Waals surface area contributed by atoms with Gasteiger partial charge in [-0.2, -0.15) is 0 Å². The molecule has 1 heterocycles. The Morgan fingerprint density at radius 2 is 2.12 bits per heavy atom. The van der Waals surface area contributed by atoms with Crippen LogP contribution in [0, 0.1) is 0 Å². The number of hydrogen-bond donors (Lipinski definition) is 1. The fraction of sp³-hybridized carbons (Fsp3) is 0.833. The number of aliphatic carboxylic acids is 1. The smallest absolute Gasteiger partial charge is 0.326 e. The highest BCUT2D eigenvalue weighted by molar-refractivity contribution is 5.89. The standard InChI is InChI=1S/C12H21NO4/c1-4-12(2,17-3)11(16)13-8-6-5-7-9(13)10(14)15/h9H,4-8H2,1-3H3,(H,14,15)/t9-,12?/m0/s1. The molecule has 17 heavy (non-hydrogen) atoms. The van der Waals surface area contributed by atoms with Gasteiger partial charge in [0.2, 0.25) is 0 Å². The second kappa shape index (κ2) is 5.49. The fourth-order valence-electron chi connectivity index (χ4n) is 2.12. The average Bonchev–Trinajstić information content (AvgIpc) is 2.36. The number of carbonyl (C=O) groups excluding carboxylic acids is 1. The normalized spacial score (nSPS) is 24.2. The molecule has 0 aromatic carbocycles. The lowest BCUT2D eigenvalue weighted by Crippen LogP contribution is -2.55. The highest BCUT2D eigenvalue weighted by Crippen LogP contribution is 2.24. The molecule has 1 aliphatic heterocycles. The van der Waals surface area contributed by atoms with E-state index in [2.05, 4.69) is 0 Å². The second-order valence-electron chi connectivity index (χ2n) is 4.64. The minimum atomic E-state index is -0.924. The van der Waals surface area contributed by atoms with Gasteiger partial charge < -0.3 is 14.7 Å². The topological polar surface area (TPSA) is 66.8 Å². The first kappa shape index (κ1) is 14.0. The Balaban J connectivity index is 2.88. The Bertz CT molecular complexity index is 299. The summed E-state index contributed by atoms with van der Waals surface area (Å²) in [5, 5.41) is 9.13. The molecule has 5 nitrogen and oxygen atoms in total. The highest BCUT2D eigenvalue weighted by Gasteiger charge is 2.41. The molecule has 0 spiro atoms. The molecule has 0 aliphatic carbocycles. The Morgan fingerprint density at radius 1 is 1.47 bits per heavy atom. The molecule has 0 radical (unpaired) electrons. The molecule has 2 atom stereocenters. The van der Waals surface area contributed by atoms with Crippen molar-refractivity contribution in [2.75, 3.05) is 13.7 Å². The van der Waals surface area contributed by atoms with Crippen molar-refractivity contribution in [3.63, 3.8) is 0 Å². The van der Waals surface area contributed by atoms with Crippen molar-refractivity contribution in [1.82, 2.24) is 4.90 Å². The van der Waals surface area contributed by atoms with Crippen LogP contribution in [0.5, 0.6) is 0 Å². The lowest BCUT2D eigenvalue weighted by atomic mass is 9.96. The zero-order valence-electron chi connectivity index (χ0n) is 10.7. The van der Waals surface area contributed by atoms with Crippen molar-refractivity contribution in [2.45, 2.75) is 51.2 Å². The molecule has 0 aromatic rings. The zero-order chi connectivity index (χ0) is 13.1. The number of ether oxygens (including phenoxy) is 1. The van der Waals surface area contributed by atoms with Crippen molar-refractivity contribution >= 4 is 11.9 Å². The minimum absolute atomic E-state index is 0.213. The maximum Gasteiger partial charge on any atom is 0.326 e. The van der Waals surface area contributed by atoms with E-state index in [1.807, 2.05) is 6.92 Å². The van der Waals surface area contributed by atoms with E-state index in [4.69, 9.17) is 9.84 Å². The molecule has 1 amide bonds. The molecule has 0 saturated carbocycles. The molecule has 1 fully saturated rings. The van der Waals surface area contributed by atoms with Crippen LogP contribution in [0.25, 0.3) is 0 Å². The summed E-state index contributed by atoms with van der Waals surface area (Å²) >= 11 is 0. The Hall–Kier alpha value is -1.10. The quantitative estimate of drug-likeness (QED) is 0.807. The minimum Gasteiger partial charge on any atom is -0.480 e. The number of hydrogen-bond acceptors (Lipinski definition) is 3. The number of rotatable bonds is 4. The van der Waals surface area contributed by atoms with Gasteiger partial charge in [-0.05, 0) is 32.6 Å². The van der Waals surface area contributed by atoms with E-state index in [1.54, 1.807) is 6.92 Å². The summed E-state index contributed by atoms with van der Waals surface area (Å²) in [6, 6.07) is -0.697. The van der Waals surface area contributed by atoms with Gasteiger partial charge in [0.25, 0.3) is 5.91 Å². The average molecular weight is 243 g/mol. The summed E-state index contributed by atoms with van der Waals surface area (Å²) in [5.74, 6) is -1.14. The van der Waals surface area contributed by atoms with Crippen molar-refractivity contribution in [2.24, 2.45) is 0 Å². The van der Waals surface area contributed by atoms with Gasteiger partial charge in [0.15, 0.2) is 0 Å². The molecule has 1 rings (SSSR count). The van der Waals surface area contributed by atoms with Crippen LogP contribution in [-0.4, -0.2) is 47.2 Å². The summed E-state index contributed by atoms with van der Waals surface area (Å²) in [7, 11) is 1.49. The van der Waals surface area contributed by atoms with Crippen molar-refractivity contribution in [3.05, 3.63) is 0 Å². The zero-order valence-corrected chi connectivity index (χ0v) is 10.7. The number of nitrogens with zero attached hydrogens (tertiary/aromatic N) is 1. The van der Waals surface area contributed by atoms with E-state index in [-0.39, 0.29) is 5.91 Å². The largest absolute Gasteiger partial charge is 0.480 e. The molecule has 98 valence electrons. The van der Waals surface area contributed by atoms with Gasteiger partial charge in [0.1, 0.15) is 11.6 Å². The van der Waals surface area contributed by atoms with E-state index < -0.39 is 17.6 Å². The highest BCUT2D eigenvalue weighted by atomic mass is 16.5. The first-order valence-corrected chi connectivity index (χ1v) is 6.05. The van der Waals surface area contributed by atoms with Crippen molar-refractivity contribution in [3.8, 4) is 0 Å². The van der Waals surface area contributed by atoms with Crippen molar-refractivity contribution < 1.29 is 19.4 Å². The second-order valence-corrected chi connectivity index (χ2v) is 4.64. The molecule has 0 bridgehead atoms. The van der Waals surface area contributed by atoms with Crippen molar-refractivity contribution in [1.29, 1.82) is 0 Å². The van der Waals surface area contributed by atoms with Crippen LogP contribution in [0.15, 0.2) is 0 Å². The first-order valence-electron chi connectivity index (χ1n) is 6.05. The van der Waals surface area contributed by atoms with E-state index in [1.165, 1.54) is 12.0 Å². The van der Waals surface area contributed by atoms with Gasteiger partial charge in [-0.1, -0.05) is 6.92 Å². The summed E-state index contributed by atoms with van der Waals surface area (Å²) < 4.78 is 5.25. The first-order chi connectivity index (χ1) is 7.96. The summed E-state index contributed by atoms with van der Waals surface area (Å²) in [4.78, 5) is 24.9. The number of carboxylic acid groups (broad SMARTS) is 1. The number of amides is 1. The van der Waals surface area contributed by atoms with Crippen LogP contribution in [-0.2, 0) is 14.3 Å². The lowest BCUT2D eigenvalue weighted by Gasteiger charge is -2.38. The summed E-state index contributed by atoms with van der Waals surface area (Å²) in [6.07, 6.45) is 2.78. The molecular formula is C12H21NO4. The van der Waals surface area contributed by atoms with Crippen LogP contribution in [0.3, 0.4) is 0 Å². The number of carbonyl (C=O) groups is 2. The van der Waals surface area contributed by atoms with Crippen LogP contribution < -0.4 is 0 Å². The molecular weight excluding hydrogens is 222 g/mol. The third kappa shape index (κ3) is 2.77. The number of carboxylic acids is 1. The van der Waals surface area contributed by atoms with Crippen LogP contribution in [0.4, 0.5) is 0 Å². The third-order valence-corrected chi connectivity index (χ3v) is 3.63. The maximum absolute atomic E-state index is 12.3. The van der Waals surface area contributed by atoms with Gasteiger partial charge in [-0.3, -0.25) is 4.79 Å². The van der Waals surface area contributed by atoms with Gasteiger partial charge >= 0.3 is 5.97 Å². The summed E-state index contributed by atoms with van der Waals surface area (Å²) in [5.41, 5.74) is -0.912. The Labute approximate surface area is 102 Å². The maximum atomic E-state index is 12.3. The number of piperidine rings is 1. The lowest BCUT2D eigenvalue weighted by molar-refractivity contribution is -0.164. The number of likely N-dealkylation sites (tertiary alicyclic amines) is 1. The van der Waals surface area contributed by atoms with Gasteiger partial charge in [-0.25, -0.2) is 4.79 Å². The SMILES string of the molecule is CCC(C)(OC)C(=O)N1CCCC[C@H]1C(=O)O. The molecule has 1 N–H and O–H groups in total. The molecule has 0 aromatic heterocycles. The fourth-order valence-corrected chi connectivity index (χ4v) is 2.12. The van der Waals surface area contributed by atoms with Gasteiger partial charge in [-0.15, -0.1) is 0 Å². The predicted molar refractivity (Wildman–Crippen MR) is 62.7 cm³/mol. The third-order valence-electron chi connectivity index (χ3n) is 3.63. The molecule has 1 unspecified atom stereocenters. The predicted octanol–water partition coefficient (Wildman–Crippen LogP) is 1.27. The van der Waals surface area contributed by atoms with Crippen LogP contribution >= 0.6 is 0 Å². The molecule has 5 heteroatoms. The monoisotopic (exact) mass is 243 g/mol. The van der Waals surface area contributed by atoms with Gasteiger partial charge in [0.05, 0.1) is 0 Å². The van der Waals surface area contributed by atoms with E-state index in [0.717, 1.165) is 12.8 Å². The summed E-state index contributed by atoms with van der Waals surface area (Å²) in [6.45, 7) is 4.08. The Morgan fingerprint density at radius 3 is 2.59 bits per heavy atom. The molecule has 1 aliphatic rings. The van der Waals surface area contributed by atoms with E-state index >= 15 is 0 Å². The van der Waals surface area contributed by atoms with E-state index in [9.17, 15) is 9.59 Å². The van der Waals surface area contributed by atoms with Crippen LogP contribution in [0.2, 0.25) is 0 Å². The number of methoxy groups -OCH3 is 1. The Kier molecular flexibility index (Phi) is 4.51. The molecule has 1 saturated heterocycles.